The van der Waals surface area contributed by atoms with E-state index in [1.54, 1.807) is 0 Å². The molecule has 29 heavy (non-hydrogen) atoms. The molecule has 0 aromatic rings. The highest BCUT2D eigenvalue weighted by Crippen LogP contribution is 2.55. The van der Waals surface area contributed by atoms with Crippen LogP contribution in [0.25, 0.3) is 0 Å². The van der Waals surface area contributed by atoms with Gasteiger partial charge in [0.1, 0.15) is 0 Å². The van der Waals surface area contributed by atoms with Gasteiger partial charge in [-0.05, 0) is 72.0 Å². The summed E-state index contributed by atoms with van der Waals surface area (Å²) in [6, 6.07) is 0. The third kappa shape index (κ3) is 11.8. The topological polar surface area (TPSA) is 0 Å². The number of hydrogen-bond donors (Lipinski definition) is 0. The smallest absolute Gasteiger partial charge is 0.0257 e. The minimum atomic E-state index is 0.390. The first-order valence-electron chi connectivity index (χ1n) is 13.2. The van der Waals surface area contributed by atoms with Gasteiger partial charge in [-0.1, -0.05) is 115 Å². The fraction of sp³-hybridized carbons (Fsp3) is 1.00. The van der Waals surface area contributed by atoms with E-state index in [-0.39, 0.29) is 0 Å². The van der Waals surface area contributed by atoms with Gasteiger partial charge in [-0.2, -0.15) is 0 Å². The molecular weight excluding hydrogens is 348 g/mol. The molecule has 0 bridgehead atoms. The fourth-order valence-electron chi connectivity index (χ4n) is 6.07. The summed E-state index contributed by atoms with van der Waals surface area (Å²) in [4.78, 5) is 0. The molecule has 0 rings (SSSR count). The van der Waals surface area contributed by atoms with Crippen molar-refractivity contribution >= 4 is 0 Å². The van der Waals surface area contributed by atoms with E-state index in [0.717, 1.165) is 23.7 Å². The summed E-state index contributed by atoms with van der Waals surface area (Å²) in [5.41, 5.74) is 1.30. The first-order chi connectivity index (χ1) is 13.2. The van der Waals surface area contributed by atoms with Gasteiger partial charge in [-0.15, -0.1) is 0 Å². The van der Waals surface area contributed by atoms with Crippen molar-refractivity contribution in [3.63, 3.8) is 0 Å². The number of hydrogen-bond acceptors (Lipinski definition) is 0. The third-order valence-electron chi connectivity index (χ3n) is 7.52. The van der Waals surface area contributed by atoms with Crippen molar-refractivity contribution in [3.05, 3.63) is 0 Å². The Labute approximate surface area is 187 Å². The maximum atomic E-state index is 2.53. The standard InChI is InChI=1S/C29H60/c1-13-16-25(7)19-26(18-17-24(6)14-2)29(20-23(4)5,21-27(8,9)10)22-28(11,12)15-3/h23-26H,13-22H2,1-12H3. The zero-order chi connectivity index (χ0) is 22.9. The van der Waals surface area contributed by atoms with Crippen LogP contribution in [0.2, 0.25) is 0 Å². The van der Waals surface area contributed by atoms with Gasteiger partial charge in [0.2, 0.25) is 0 Å². The molecular formula is C29H60. The molecule has 0 radical (unpaired) electrons. The van der Waals surface area contributed by atoms with Crippen LogP contribution in [-0.4, -0.2) is 0 Å². The molecule has 0 spiro atoms. The summed E-state index contributed by atoms with van der Waals surface area (Å²) < 4.78 is 0. The average Bonchev–Trinajstić information content (AvgIpc) is 2.55. The van der Waals surface area contributed by atoms with Crippen LogP contribution in [-0.2, 0) is 0 Å². The Balaban J connectivity index is 6.19. The monoisotopic (exact) mass is 408 g/mol. The predicted octanol–water partition coefficient (Wildman–Crippen LogP) is 10.6. The first kappa shape index (κ1) is 29.0. The molecule has 0 aliphatic rings. The van der Waals surface area contributed by atoms with E-state index in [0.29, 0.717) is 16.2 Å². The Morgan fingerprint density at radius 1 is 0.690 bits per heavy atom. The highest BCUT2D eigenvalue weighted by Gasteiger charge is 2.44. The van der Waals surface area contributed by atoms with E-state index >= 15 is 0 Å². The molecule has 0 heteroatoms. The quantitative estimate of drug-likeness (QED) is 0.253. The minimum Gasteiger partial charge on any atom is -0.0654 e. The van der Waals surface area contributed by atoms with Gasteiger partial charge in [-0.25, -0.2) is 0 Å². The molecule has 0 aliphatic carbocycles. The summed E-state index contributed by atoms with van der Waals surface area (Å²) in [5.74, 6) is 3.37. The second-order valence-electron chi connectivity index (χ2n) is 13.3. The fourth-order valence-corrected chi connectivity index (χ4v) is 6.07. The van der Waals surface area contributed by atoms with Crippen LogP contribution in [0, 0.1) is 39.9 Å². The molecule has 0 aromatic carbocycles. The Hall–Kier alpha value is 0. The molecule has 176 valence electrons. The van der Waals surface area contributed by atoms with Gasteiger partial charge in [0.05, 0.1) is 0 Å². The molecule has 0 aromatic heterocycles. The minimum absolute atomic E-state index is 0.390. The first-order valence-corrected chi connectivity index (χ1v) is 13.2. The molecule has 0 aliphatic heterocycles. The number of rotatable bonds is 15. The van der Waals surface area contributed by atoms with Crippen molar-refractivity contribution in [2.45, 2.75) is 147 Å². The van der Waals surface area contributed by atoms with Crippen molar-refractivity contribution in [1.82, 2.24) is 0 Å². The van der Waals surface area contributed by atoms with Crippen LogP contribution in [0.15, 0.2) is 0 Å². The maximum Gasteiger partial charge on any atom is -0.0257 e. The van der Waals surface area contributed by atoms with Crippen molar-refractivity contribution < 1.29 is 0 Å². The molecule has 0 saturated heterocycles. The molecule has 0 saturated carbocycles. The van der Waals surface area contributed by atoms with E-state index in [1.807, 2.05) is 0 Å². The SMILES string of the molecule is CCCC(C)CC(CCC(C)CC)C(CC(C)C)(CC(C)(C)C)CC(C)(C)CC. The van der Waals surface area contributed by atoms with Gasteiger partial charge in [0.15, 0.2) is 0 Å². The van der Waals surface area contributed by atoms with E-state index in [9.17, 15) is 0 Å². The molecule has 4 unspecified atom stereocenters. The third-order valence-corrected chi connectivity index (χ3v) is 7.52. The van der Waals surface area contributed by atoms with Gasteiger partial charge in [0, 0.05) is 0 Å². The zero-order valence-corrected chi connectivity index (χ0v) is 22.9. The van der Waals surface area contributed by atoms with E-state index in [2.05, 4.69) is 83.1 Å². The summed E-state index contributed by atoms with van der Waals surface area (Å²) in [6.07, 6.45) is 13.8. The zero-order valence-electron chi connectivity index (χ0n) is 22.9. The second kappa shape index (κ2) is 12.8. The van der Waals surface area contributed by atoms with Crippen LogP contribution in [0.1, 0.15) is 147 Å². The lowest BCUT2D eigenvalue weighted by Gasteiger charge is -2.51. The van der Waals surface area contributed by atoms with Crippen molar-refractivity contribution in [1.29, 1.82) is 0 Å². The van der Waals surface area contributed by atoms with Gasteiger partial charge in [0.25, 0.3) is 0 Å². The Kier molecular flexibility index (Phi) is 12.8. The second-order valence-corrected chi connectivity index (χ2v) is 13.3. The summed E-state index contributed by atoms with van der Waals surface area (Å²) in [5, 5.41) is 0. The van der Waals surface area contributed by atoms with Crippen molar-refractivity contribution in [3.8, 4) is 0 Å². The molecule has 0 nitrogen and oxygen atoms in total. The summed E-state index contributed by atoms with van der Waals surface area (Å²) in [7, 11) is 0. The summed E-state index contributed by atoms with van der Waals surface area (Å²) in [6.45, 7) is 29.6. The Bertz CT molecular complexity index is 410. The highest BCUT2D eigenvalue weighted by molar-refractivity contribution is 4.95. The molecule has 0 fully saturated rings. The average molecular weight is 409 g/mol. The van der Waals surface area contributed by atoms with E-state index in [1.165, 1.54) is 64.2 Å². The van der Waals surface area contributed by atoms with Crippen LogP contribution in [0.4, 0.5) is 0 Å². The maximum absolute atomic E-state index is 2.53. The largest absolute Gasteiger partial charge is 0.0654 e. The predicted molar refractivity (Wildman–Crippen MR) is 136 cm³/mol. The Morgan fingerprint density at radius 3 is 1.69 bits per heavy atom. The lowest BCUT2D eigenvalue weighted by Crippen LogP contribution is -2.40. The van der Waals surface area contributed by atoms with Gasteiger partial charge >= 0.3 is 0 Å². The molecule has 0 amide bonds. The highest BCUT2D eigenvalue weighted by atomic mass is 14.5. The normalized spacial score (nSPS) is 18.5. The van der Waals surface area contributed by atoms with Crippen LogP contribution >= 0.6 is 0 Å². The van der Waals surface area contributed by atoms with Gasteiger partial charge < -0.3 is 0 Å². The van der Waals surface area contributed by atoms with Crippen LogP contribution in [0.5, 0.6) is 0 Å². The lowest BCUT2D eigenvalue weighted by atomic mass is 9.54. The molecule has 0 N–H and O–H groups in total. The van der Waals surface area contributed by atoms with Crippen LogP contribution < -0.4 is 0 Å². The van der Waals surface area contributed by atoms with Crippen molar-refractivity contribution in [2.24, 2.45) is 39.9 Å². The van der Waals surface area contributed by atoms with E-state index < -0.39 is 0 Å². The summed E-state index contributed by atoms with van der Waals surface area (Å²) >= 11 is 0. The van der Waals surface area contributed by atoms with E-state index in [4.69, 9.17) is 0 Å². The molecule has 0 heterocycles. The Morgan fingerprint density at radius 2 is 1.28 bits per heavy atom. The lowest BCUT2D eigenvalue weighted by molar-refractivity contribution is -0.00307. The molecule has 4 atom stereocenters. The van der Waals surface area contributed by atoms with Crippen molar-refractivity contribution in [2.75, 3.05) is 0 Å². The van der Waals surface area contributed by atoms with Gasteiger partial charge in [-0.3, -0.25) is 0 Å². The van der Waals surface area contributed by atoms with Crippen LogP contribution in [0.3, 0.4) is 0 Å².